The molecular weight excluding hydrogens is 348 g/mol. The van der Waals surface area contributed by atoms with Crippen LogP contribution >= 0.6 is 0 Å². The number of hydrogen-bond donors (Lipinski definition) is 1. The summed E-state index contributed by atoms with van der Waals surface area (Å²) in [5, 5.41) is 0. The zero-order valence-corrected chi connectivity index (χ0v) is 16.6. The first-order valence-corrected chi connectivity index (χ1v) is 10.2. The van der Waals surface area contributed by atoms with Crippen LogP contribution in [0.2, 0.25) is 0 Å². The molecule has 0 bridgehead atoms. The smallest absolute Gasteiger partial charge is 0.262 e. The Hall–Kier alpha value is -2.34. The lowest BCUT2D eigenvalue weighted by molar-refractivity contribution is 0.0793. The Labute approximate surface area is 156 Å². The number of benzene rings is 2. The monoisotopic (exact) mass is 374 g/mol. The van der Waals surface area contributed by atoms with Gasteiger partial charge in [0.25, 0.3) is 15.9 Å². The lowest BCUT2D eigenvalue weighted by Crippen LogP contribution is -2.27. The van der Waals surface area contributed by atoms with Gasteiger partial charge in [-0.2, -0.15) is 0 Å². The molecule has 0 atom stereocenters. The van der Waals surface area contributed by atoms with Crippen molar-refractivity contribution in [1.29, 1.82) is 0 Å². The van der Waals surface area contributed by atoms with E-state index in [-0.39, 0.29) is 10.8 Å². The molecule has 0 aliphatic carbocycles. The predicted octanol–water partition coefficient (Wildman–Crippen LogP) is 3.98. The van der Waals surface area contributed by atoms with Crippen molar-refractivity contribution in [2.45, 2.75) is 38.5 Å². The van der Waals surface area contributed by atoms with Crippen molar-refractivity contribution in [1.82, 2.24) is 4.90 Å². The van der Waals surface area contributed by atoms with E-state index >= 15 is 0 Å². The van der Waals surface area contributed by atoms with Crippen LogP contribution in [-0.4, -0.2) is 32.8 Å². The molecule has 0 radical (unpaired) electrons. The summed E-state index contributed by atoms with van der Waals surface area (Å²) in [6, 6.07) is 11.9. The number of rotatable bonds is 7. The Bertz CT molecular complexity index is 892. The van der Waals surface area contributed by atoms with Crippen molar-refractivity contribution < 1.29 is 13.2 Å². The maximum atomic E-state index is 12.7. The third-order valence-corrected chi connectivity index (χ3v) is 5.71. The highest BCUT2D eigenvalue weighted by molar-refractivity contribution is 7.92. The predicted molar refractivity (Wildman–Crippen MR) is 105 cm³/mol. The van der Waals surface area contributed by atoms with E-state index in [1.165, 1.54) is 0 Å². The number of unbranched alkanes of at least 4 members (excludes halogenated alkanes) is 1. The van der Waals surface area contributed by atoms with Crippen LogP contribution in [0.1, 0.15) is 41.3 Å². The first-order chi connectivity index (χ1) is 12.2. The van der Waals surface area contributed by atoms with Gasteiger partial charge in [-0.05, 0) is 55.7 Å². The van der Waals surface area contributed by atoms with Crippen molar-refractivity contribution in [2.24, 2.45) is 0 Å². The van der Waals surface area contributed by atoms with Crippen LogP contribution in [0.3, 0.4) is 0 Å². The summed E-state index contributed by atoms with van der Waals surface area (Å²) in [6.45, 7) is 6.36. The van der Waals surface area contributed by atoms with Gasteiger partial charge in [-0.15, -0.1) is 0 Å². The summed E-state index contributed by atoms with van der Waals surface area (Å²) in [5.74, 6) is -0.119. The molecule has 0 aromatic heterocycles. The summed E-state index contributed by atoms with van der Waals surface area (Å²) in [7, 11) is -1.96. The molecule has 1 amide bonds. The Morgan fingerprint density at radius 2 is 1.85 bits per heavy atom. The fourth-order valence-electron chi connectivity index (χ4n) is 2.64. The average Bonchev–Trinajstić information content (AvgIpc) is 2.60. The Morgan fingerprint density at radius 3 is 2.54 bits per heavy atom. The summed E-state index contributed by atoms with van der Waals surface area (Å²) in [5.41, 5.74) is 2.39. The second-order valence-electron chi connectivity index (χ2n) is 6.54. The lowest BCUT2D eigenvalue weighted by Gasteiger charge is -2.17. The van der Waals surface area contributed by atoms with Crippen LogP contribution in [0.15, 0.2) is 47.4 Å². The minimum atomic E-state index is -3.72. The number of amides is 1. The molecule has 0 fully saturated rings. The molecule has 2 aromatic carbocycles. The number of sulfonamides is 1. The van der Waals surface area contributed by atoms with Gasteiger partial charge in [0, 0.05) is 24.8 Å². The molecule has 26 heavy (non-hydrogen) atoms. The number of carbonyl (C=O) groups is 1. The maximum absolute atomic E-state index is 12.7. The van der Waals surface area contributed by atoms with E-state index in [0.29, 0.717) is 23.4 Å². The van der Waals surface area contributed by atoms with Gasteiger partial charge in [-0.3, -0.25) is 9.52 Å². The Balaban J connectivity index is 2.25. The van der Waals surface area contributed by atoms with E-state index in [0.717, 1.165) is 18.4 Å². The molecule has 1 N–H and O–H groups in total. The minimum Gasteiger partial charge on any atom is -0.342 e. The van der Waals surface area contributed by atoms with Crippen molar-refractivity contribution in [3.05, 3.63) is 59.2 Å². The van der Waals surface area contributed by atoms with Crippen LogP contribution in [0, 0.1) is 13.8 Å². The molecular formula is C20H26N2O3S. The Kier molecular flexibility index (Phi) is 6.42. The molecule has 0 unspecified atom stereocenters. The SMILES string of the molecule is CCCCN(C)C(=O)c1cccc(NS(=O)(=O)c2cc(C)ccc2C)c1. The highest BCUT2D eigenvalue weighted by atomic mass is 32.2. The van der Waals surface area contributed by atoms with E-state index < -0.39 is 10.0 Å². The van der Waals surface area contributed by atoms with Crippen LogP contribution in [0.5, 0.6) is 0 Å². The van der Waals surface area contributed by atoms with Crippen LogP contribution in [0.25, 0.3) is 0 Å². The molecule has 2 rings (SSSR count). The van der Waals surface area contributed by atoms with Crippen molar-refractivity contribution >= 4 is 21.6 Å². The second kappa shape index (κ2) is 8.36. The van der Waals surface area contributed by atoms with Gasteiger partial charge in [-0.1, -0.05) is 31.5 Å². The molecule has 2 aromatic rings. The number of nitrogens with zero attached hydrogens (tertiary/aromatic N) is 1. The molecule has 6 heteroatoms. The van der Waals surface area contributed by atoms with Crippen molar-refractivity contribution in [3.63, 3.8) is 0 Å². The fourth-order valence-corrected chi connectivity index (χ4v) is 4.02. The molecule has 5 nitrogen and oxygen atoms in total. The largest absolute Gasteiger partial charge is 0.342 e. The molecule has 140 valence electrons. The van der Waals surface area contributed by atoms with Gasteiger partial charge in [0.05, 0.1) is 4.90 Å². The summed E-state index contributed by atoms with van der Waals surface area (Å²) < 4.78 is 28.0. The van der Waals surface area contributed by atoms with Crippen LogP contribution < -0.4 is 4.72 Å². The fraction of sp³-hybridized carbons (Fsp3) is 0.350. The van der Waals surface area contributed by atoms with Gasteiger partial charge < -0.3 is 4.90 Å². The average molecular weight is 375 g/mol. The zero-order chi connectivity index (χ0) is 19.3. The van der Waals surface area contributed by atoms with Crippen molar-refractivity contribution in [3.8, 4) is 0 Å². The molecule has 0 heterocycles. The molecule has 0 aliphatic rings. The normalized spacial score (nSPS) is 11.2. The highest BCUT2D eigenvalue weighted by Crippen LogP contribution is 2.21. The number of anilines is 1. The van der Waals surface area contributed by atoms with E-state index in [1.54, 1.807) is 55.3 Å². The molecule has 0 saturated heterocycles. The third kappa shape index (κ3) is 4.85. The molecule has 0 aliphatic heterocycles. The van der Waals surface area contributed by atoms with Crippen LogP contribution in [-0.2, 0) is 10.0 Å². The van der Waals surface area contributed by atoms with Gasteiger partial charge >= 0.3 is 0 Å². The minimum absolute atomic E-state index is 0.119. The Morgan fingerprint density at radius 1 is 1.12 bits per heavy atom. The quantitative estimate of drug-likeness (QED) is 0.797. The van der Waals surface area contributed by atoms with Crippen molar-refractivity contribution in [2.75, 3.05) is 18.3 Å². The van der Waals surface area contributed by atoms with Crippen LogP contribution in [0.4, 0.5) is 5.69 Å². The summed E-state index contributed by atoms with van der Waals surface area (Å²) in [4.78, 5) is 14.4. The zero-order valence-electron chi connectivity index (χ0n) is 15.7. The first-order valence-electron chi connectivity index (χ1n) is 8.70. The first kappa shape index (κ1) is 20.0. The van der Waals surface area contributed by atoms with E-state index in [9.17, 15) is 13.2 Å². The van der Waals surface area contributed by atoms with Gasteiger partial charge in [-0.25, -0.2) is 8.42 Å². The number of carbonyl (C=O) groups excluding carboxylic acids is 1. The van der Waals surface area contributed by atoms with E-state index in [1.807, 2.05) is 13.0 Å². The third-order valence-electron chi connectivity index (χ3n) is 4.19. The number of hydrogen-bond acceptors (Lipinski definition) is 3. The molecule has 0 saturated carbocycles. The molecule has 0 spiro atoms. The summed E-state index contributed by atoms with van der Waals surface area (Å²) >= 11 is 0. The summed E-state index contributed by atoms with van der Waals surface area (Å²) in [6.07, 6.45) is 1.94. The topological polar surface area (TPSA) is 66.5 Å². The van der Waals surface area contributed by atoms with Gasteiger partial charge in [0.2, 0.25) is 0 Å². The lowest BCUT2D eigenvalue weighted by atomic mass is 10.2. The van der Waals surface area contributed by atoms with Gasteiger partial charge in [0.1, 0.15) is 0 Å². The maximum Gasteiger partial charge on any atom is 0.262 e. The van der Waals surface area contributed by atoms with E-state index in [4.69, 9.17) is 0 Å². The number of nitrogens with one attached hydrogen (secondary N) is 1. The highest BCUT2D eigenvalue weighted by Gasteiger charge is 2.18. The van der Waals surface area contributed by atoms with E-state index in [2.05, 4.69) is 11.6 Å². The standard InChI is InChI=1S/C20H26N2O3S/c1-5-6-12-22(4)20(23)17-8-7-9-18(14-17)21-26(24,25)19-13-15(2)10-11-16(19)3/h7-11,13-14,21H,5-6,12H2,1-4H3. The number of aryl methyl sites for hydroxylation is 2. The second-order valence-corrected chi connectivity index (χ2v) is 8.19. The van der Waals surface area contributed by atoms with Gasteiger partial charge in [0.15, 0.2) is 0 Å².